The zero-order valence-electron chi connectivity index (χ0n) is 17.2. The third-order valence-corrected chi connectivity index (χ3v) is 6.64. The van der Waals surface area contributed by atoms with E-state index in [0.29, 0.717) is 36.5 Å². The predicted octanol–water partition coefficient (Wildman–Crippen LogP) is 3.53. The quantitative estimate of drug-likeness (QED) is 0.644. The molecule has 1 aromatic carbocycles. The number of amides is 2. The van der Waals surface area contributed by atoms with Gasteiger partial charge in [0.2, 0.25) is 11.8 Å². The first-order valence-corrected chi connectivity index (χ1v) is 11.0. The zero-order chi connectivity index (χ0) is 21.8. The minimum absolute atomic E-state index is 0.0119. The van der Waals surface area contributed by atoms with Crippen molar-refractivity contribution in [2.45, 2.75) is 38.8 Å². The van der Waals surface area contributed by atoms with Crippen LogP contribution >= 0.6 is 11.3 Å². The van der Waals surface area contributed by atoms with E-state index in [-0.39, 0.29) is 24.3 Å². The summed E-state index contributed by atoms with van der Waals surface area (Å²) in [6, 6.07) is 12.2. The van der Waals surface area contributed by atoms with Crippen molar-refractivity contribution in [3.05, 3.63) is 70.6 Å². The van der Waals surface area contributed by atoms with Gasteiger partial charge in [0, 0.05) is 30.2 Å². The molecule has 1 aliphatic heterocycles. The Hall–Kier alpha value is -3.44. The van der Waals surface area contributed by atoms with Crippen LogP contribution in [-0.4, -0.2) is 32.8 Å². The first-order valence-electron chi connectivity index (χ1n) is 10.2. The average Bonchev–Trinajstić information content (AvgIpc) is 3.40. The average molecular weight is 434 g/mol. The Bertz CT molecular complexity index is 1120. The van der Waals surface area contributed by atoms with Gasteiger partial charge in [-0.2, -0.15) is 5.26 Å². The highest BCUT2D eigenvalue weighted by molar-refractivity contribution is 7.16. The Morgan fingerprint density at radius 3 is 2.84 bits per heavy atom. The highest BCUT2D eigenvalue weighted by Crippen LogP contribution is 2.37. The van der Waals surface area contributed by atoms with Gasteiger partial charge in [-0.05, 0) is 23.5 Å². The van der Waals surface area contributed by atoms with E-state index < -0.39 is 0 Å². The molecule has 0 saturated heterocycles. The second kappa shape index (κ2) is 9.14. The van der Waals surface area contributed by atoms with Crippen LogP contribution in [0.15, 0.2) is 49.1 Å². The molecule has 1 aliphatic rings. The molecule has 2 amide bonds. The topological polar surface area (TPSA) is 91.0 Å². The molecular formula is C23H23N5O2S. The number of nitriles is 1. The number of rotatable bonds is 6. The first-order chi connectivity index (χ1) is 15.0. The largest absolute Gasteiger partial charge is 0.336 e. The molecule has 1 unspecified atom stereocenters. The van der Waals surface area contributed by atoms with Crippen LogP contribution < -0.4 is 5.32 Å². The molecule has 0 spiro atoms. The molecule has 158 valence electrons. The molecule has 31 heavy (non-hydrogen) atoms. The number of anilines is 1. The summed E-state index contributed by atoms with van der Waals surface area (Å²) in [7, 11) is 0. The Labute approximate surface area is 184 Å². The van der Waals surface area contributed by atoms with Gasteiger partial charge in [0.05, 0.1) is 18.4 Å². The Morgan fingerprint density at radius 2 is 2.13 bits per heavy atom. The maximum Gasteiger partial charge on any atom is 0.242 e. The lowest BCUT2D eigenvalue weighted by atomic mass is 9.97. The van der Waals surface area contributed by atoms with E-state index in [2.05, 4.69) is 16.4 Å². The minimum atomic E-state index is -0.112. The summed E-state index contributed by atoms with van der Waals surface area (Å²) in [6.07, 6.45) is 5.98. The van der Waals surface area contributed by atoms with Crippen molar-refractivity contribution in [3.63, 3.8) is 0 Å². The number of hydrogen-bond acceptors (Lipinski definition) is 5. The van der Waals surface area contributed by atoms with Crippen molar-refractivity contribution in [3.8, 4) is 6.07 Å². The van der Waals surface area contributed by atoms with Crippen LogP contribution in [0.5, 0.6) is 0 Å². The number of benzene rings is 1. The minimum Gasteiger partial charge on any atom is -0.336 e. The maximum absolute atomic E-state index is 12.6. The standard InChI is InChI=1S/C23H23N5O2S/c1-16(17-5-3-2-4-6-17)11-21(29)26-23-19(12-24)18-7-9-28(13-20(18)31-23)22(30)14-27-10-8-25-15-27/h2-6,8,10,15-16H,7,9,11,13-14H2,1H3,(H,26,29). The predicted molar refractivity (Wildman–Crippen MR) is 118 cm³/mol. The smallest absolute Gasteiger partial charge is 0.242 e. The molecule has 0 bridgehead atoms. The van der Waals surface area contributed by atoms with Gasteiger partial charge in [-0.1, -0.05) is 37.3 Å². The van der Waals surface area contributed by atoms with Crippen LogP contribution in [0.3, 0.4) is 0 Å². The molecule has 0 aliphatic carbocycles. The molecule has 3 heterocycles. The van der Waals surface area contributed by atoms with Gasteiger partial charge in [0.15, 0.2) is 0 Å². The molecular weight excluding hydrogens is 410 g/mol. The van der Waals surface area contributed by atoms with Crippen LogP contribution in [-0.2, 0) is 29.1 Å². The van der Waals surface area contributed by atoms with Crippen molar-refractivity contribution < 1.29 is 9.59 Å². The van der Waals surface area contributed by atoms with E-state index in [1.165, 1.54) is 11.3 Å². The van der Waals surface area contributed by atoms with Gasteiger partial charge in [-0.15, -0.1) is 11.3 Å². The summed E-state index contributed by atoms with van der Waals surface area (Å²) >= 11 is 1.40. The summed E-state index contributed by atoms with van der Waals surface area (Å²) in [5, 5.41) is 13.2. The Kier molecular flexibility index (Phi) is 6.14. The number of carbonyl (C=O) groups is 2. The maximum atomic E-state index is 12.6. The van der Waals surface area contributed by atoms with Gasteiger partial charge >= 0.3 is 0 Å². The van der Waals surface area contributed by atoms with E-state index in [1.54, 1.807) is 28.2 Å². The van der Waals surface area contributed by atoms with Gasteiger partial charge in [0.25, 0.3) is 0 Å². The number of thiophene rings is 1. The zero-order valence-corrected chi connectivity index (χ0v) is 18.1. The normalized spacial score (nSPS) is 13.9. The molecule has 7 nitrogen and oxygen atoms in total. The molecule has 0 saturated carbocycles. The van der Waals surface area contributed by atoms with Crippen LogP contribution in [0.1, 0.15) is 40.8 Å². The molecule has 4 rings (SSSR count). The molecule has 1 N–H and O–H groups in total. The van der Waals surface area contributed by atoms with E-state index in [0.717, 1.165) is 16.0 Å². The Balaban J connectivity index is 1.43. The SMILES string of the molecule is CC(CC(=O)Nc1sc2c(c1C#N)CCN(C(=O)Cn1ccnc1)C2)c1ccccc1. The van der Waals surface area contributed by atoms with Gasteiger partial charge in [-0.25, -0.2) is 4.98 Å². The number of fused-ring (bicyclic) bond motifs is 1. The molecule has 8 heteroatoms. The molecule has 0 radical (unpaired) electrons. The highest BCUT2D eigenvalue weighted by Gasteiger charge is 2.27. The number of nitrogens with one attached hydrogen (secondary N) is 1. The molecule has 2 aromatic heterocycles. The lowest BCUT2D eigenvalue weighted by Gasteiger charge is -2.27. The van der Waals surface area contributed by atoms with Crippen LogP contribution in [0, 0.1) is 11.3 Å². The third-order valence-electron chi connectivity index (χ3n) is 5.51. The lowest BCUT2D eigenvalue weighted by Crippen LogP contribution is -2.37. The summed E-state index contributed by atoms with van der Waals surface area (Å²) in [5.41, 5.74) is 2.59. The van der Waals surface area contributed by atoms with Gasteiger partial charge in [0.1, 0.15) is 17.6 Å². The third kappa shape index (κ3) is 4.67. The molecule has 0 fully saturated rings. The van der Waals surface area contributed by atoms with Gasteiger partial charge in [-0.3, -0.25) is 9.59 Å². The number of hydrogen-bond donors (Lipinski definition) is 1. The van der Waals surface area contributed by atoms with Crippen molar-refractivity contribution in [2.75, 3.05) is 11.9 Å². The van der Waals surface area contributed by atoms with Crippen molar-refractivity contribution >= 4 is 28.2 Å². The van der Waals surface area contributed by atoms with Crippen molar-refractivity contribution in [1.29, 1.82) is 5.26 Å². The fraction of sp³-hybridized carbons (Fsp3) is 0.304. The summed E-state index contributed by atoms with van der Waals surface area (Å²) < 4.78 is 1.74. The second-order valence-corrected chi connectivity index (χ2v) is 8.79. The fourth-order valence-corrected chi connectivity index (χ4v) is 5.04. The number of aromatic nitrogens is 2. The second-order valence-electron chi connectivity index (χ2n) is 7.68. The van der Waals surface area contributed by atoms with E-state index in [1.807, 2.05) is 37.3 Å². The van der Waals surface area contributed by atoms with Crippen LogP contribution in [0.25, 0.3) is 0 Å². The van der Waals surface area contributed by atoms with Crippen molar-refractivity contribution in [1.82, 2.24) is 14.5 Å². The number of carbonyl (C=O) groups excluding carboxylic acids is 2. The number of imidazole rings is 1. The van der Waals surface area contributed by atoms with Crippen LogP contribution in [0.2, 0.25) is 0 Å². The number of nitrogens with zero attached hydrogens (tertiary/aromatic N) is 4. The lowest BCUT2D eigenvalue weighted by molar-refractivity contribution is -0.132. The summed E-state index contributed by atoms with van der Waals surface area (Å²) in [6.45, 7) is 3.28. The van der Waals surface area contributed by atoms with Crippen molar-refractivity contribution in [2.24, 2.45) is 0 Å². The fourth-order valence-electron chi connectivity index (χ4n) is 3.81. The van der Waals surface area contributed by atoms with E-state index in [9.17, 15) is 14.9 Å². The Morgan fingerprint density at radius 1 is 1.32 bits per heavy atom. The summed E-state index contributed by atoms with van der Waals surface area (Å²) in [4.78, 5) is 32.0. The van der Waals surface area contributed by atoms with E-state index >= 15 is 0 Å². The summed E-state index contributed by atoms with van der Waals surface area (Å²) in [5.74, 6) is -0.0186. The monoisotopic (exact) mass is 433 g/mol. The first kappa shape index (κ1) is 20.8. The molecule has 1 atom stereocenters. The highest BCUT2D eigenvalue weighted by atomic mass is 32.1. The van der Waals surface area contributed by atoms with E-state index in [4.69, 9.17) is 0 Å². The van der Waals surface area contributed by atoms with Crippen LogP contribution in [0.4, 0.5) is 5.00 Å². The molecule has 3 aromatic rings. The van der Waals surface area contributed by atoms with Gasteiger partial charge < -0.3 is 14.8 Å².